The van der Waals surface area contributed by atoms with Crippen molar-refractivity contribution in [3.05, 3.63) is 57.3 Å². The third-order valence-electron chi connectivity index (χ3n) is 2.15. The van der Waals surface area contributed by atoms with Gasteiger partial charge in [-0.2, -0.15) is 0 Å². The first-order valence-corrected chi connectivity index (χ1v) is 5.91. The number of benzene rings is 1. The fourth-order valence-corrected chi connectivity index (χ4v) is 1.88. The fourth-order valence-electron chi connectivity index (χ4n) is 1.36. The van der Waals surface area contributed by atoms with Crippen molar-refractivity contribution >= 4 is 33.3 Å². The lowest BCUT2D eigenvalue weighted by Crippen LogP contribution is -2.04. The quantitative estimate of drug-likeness (QED) is 0.682. The van der Waals surface area contributed by atoms with Crippen LogP contribution in [0.1, 0.15) is 16.1 Å². The van der Waals surface area contributed by atoms with Gasteiger partial charge in [0.05, 0.1) is 5.56 Å². The molecule has 0 fully saturated rings. The van der Waals surface area contributed by atoms with Crippen molar-refractivity contribution in [2.75, 3.05) is 0 Å². The molecule has 0 radical (unpaired) electrons. The number of carbonyl (C=O) groups is 1. The van der Waals surface area contributed by atoms with Gasteiger partial charge < -0.3 is 5.11 Å². The first-order valence-electron chi connectivity index (χ1n) is 4.73. The van der Waals surface area contributed by atoms with E-state index in [4.69, 9.17) is 11.6 Å². The maximum absolute atomic E-state index is 12.1. The minimum absolute atomic E-state index is 0.110. The Morgan fingerprint density at radius 3 is 2.76 bits per heavy atom. The summed E-state index contributed by atoms with van der Waals surface area (Å²) in [5.41, 5.74) is 0.389. The maximum atomic E-state index is 12.1. The third-order valence-corrected chi connectivity index (χ3v) is 2.83. The van der Waals surface area contributed by atoms with Crippen molar-refractivity contribution in [2.24, 2.45) is 0 Å². The molecule has 0 aliphatic carbocycles. The highest BCUT2D eigenvalue weighted by Gasteiger charge is 2.15. The average molecular weight is 313 g/mol. The van der Waals surface area contributed by atoms with Crippen LogP contribution in [0.25, 0.3) is 0 Å². The zero-order valence-corrected chi connectivity index (χ0v) is 10.9. The molecule has 0 spiro atoms. The number of phenolic OH excluding ortho intramolecular Hbond substituents is 1. The van der Waals surface area contributed by atoms with E-state index in [1.807, 2.05) is 0 Å². The highest BCUT2D eigenvalue weighted by molar-refractivity contribution is 9.10. The van der Waals surface area contributed by atoms with Gasteiger partial charge in [0.2, 0.25) is 5.78 Å². The van der Waals surface area contributed by atoms with Crippen LogP contribution < -0.4 is 0 Å². The Balaban J connectivity index is 2.47. The number of carbonyl (C=O) groups excluding carboxylic acids is 1. The number of aromatic nitrogens is 1. The zero-order chi connectivity index (χ0) is 12.4. The molecule has 17 heavy (non-hydrogen) atoms. The molecule has 0 aliphatic rings. The van der Waals surface area contributed by atoms with Crippen LogP contribution in [0, 0.1) is 0 Å². The molecule has 0 unspecified atom stereocenters. The number of hydrogen-bond acceptors (Lipinski definition) is 3. The molecule has 86 valence electrons. The predicted octanol–water partition coefficient (Wildman–Crippen LogP) is 3.43. The van der Waals surface area contributed by atoms with E-state index >= 15 is 0 Å². The number of pyridine rings is 1. The summed E-state index contributed by atoms with van der Waals surface area (Å²) in [5, 5.41) is 10.0. The SMILES string of the molecule is O=C(c1cccc(Br)n1)c1cc(Cl)ccc1O. The summed E-state index contributed by atoms with van der Waals surface area (Å²) in [7, 11) is 0. The van der Waals surface area contributed by atoms with E-state index in [9.17, 15) is 9.90 Å². The van der Waals surface area contributed by atoms with Gasteiger partial charge in [-0.25, -0.2) is 4.98 Å². The van der Waals surface area contributed by atoms with E-state index in [0.29, 0.717) is 9.63 Å². The Kier molecular flexibility index (Phi) is 3.45. The molecule has 0 bridgehead atoms. The van der Waals surface area contributed by atoms with Crippen LogP contribution in [0.5, 0.6) is 5.75 Å². The molecular weight excluding hydrogens is 305 g/mol. The predicted molar refractivity (Wildman–Crippen MR) is 68.5 cm³/mol. The first-order chi connectivity index (χ1) is 8.08. The van der Waals surface area contributed by atoms with Crippen molar-refractivity contribution in [3.63, 3.8) is 0 Å². The molecule has 0 aliphatic heterocycles. The molecule has 1 aromatic heterocycles. The number of rotatable bonds is 2. The summed E-state index contributed by atoms with van der Waals surface area (Å²) in [6, 6.07) is 9.31. The minimum Gasteiger partial charge on any atom is -0.507 e. The largest absolute Gasteiger partial charge is 0.507 e. The second kappa shape index (κ2) is 4.85. The molecule has 0 atom stereocenters. The van der Waals surface area contributed by atoms with Gasteiger partial charge in [0.15, 0.2) is 0 Å². The van der Waals surface area contributed by atoms with Gasteiger partial charge in [-0.1, -0.05) is 17.7 Å². The number of hydrogen-bond donors (Lipinski definition) is 1. The van der Waals surface area contributed by atoms with Gasteiger partial charge in [0.25, 0.3) is 0 Å². The van der Waals surface area contributed by atoms with Crippen LogP contribution in [0.3, 0.4) is 0 Å². The summed E-state index contributed by atoms with van der Waals surface area (Å²) >= 11 is 8.97. The van der Waals surface area contributed by atoms with Crippen LogP contribution >= 0.6 is 27.5 Å². The Morgan fingerprint density at radius 2 is 2.06 bits per heavy atom. The van der Waals surface area contributed by atoms with E-state index in [1.54, 1.807) is 18.2 Å². The number of phenols is 1. The van der Waals surface area contributed by atoms with Gasteiger partial charge in [-0.15, -0.1) is 0 Å². The molecule has 2 rings (SSSR count). The Morgan fingerprint density at radius 1 is 1.29 bits per heavy atom. The van der Waals surface area contributed by atoms with Crippen molar-refractivity contribution in [1.82, 2.24) is 4.98 Å². The number of ketones is 1. The van der Waals surface area contributed by atoms with Gasteiger partial charge in [-0.3, -0.25) is 4.79 Å². The lowest BCUT2D eigenvalue weighted by atomic mass is 10.1. The van der Waals surface area contributed by atoms with E-state index in [-0.39, 0.29) is 22.8 Å². The lowest BCUT2D eigenvalue weighted by molar-refractivity contribution is 0.103. The van der Waals surface area contributed by atoms with Crippen molar-refractivity contribution in [2.45, 2.75) is 0 Å². The normalized spacial score (nSPS) is 10.2. The highest BCUT2D eigenvalue weighted by atomic mass is 79.9. The standard InChI is InChI=1S/C12H7BrClNO2/c13-11-3-1-2-9(15-11)12(17)8-6-7(14)4-5-10(8)16/h1-6,16H. The lowest BCUT2D eigenvalue weighted by Gasteiger charge is -2.04. The van der Waals surface area contributed by atoms with Gasteiger partial charge >= 0.3 is 0 Å². The summed E-state index contributed by atoms with van der Waals surface area (Å²) in [4.78, 5) is 16.1. The summed E-state index contributed by atoms with van der Waals surface area (Å²) in [6.07, 6.45) is 0. The minimum atomic E-state index is -0.369. The Hall–Kier alpha value is -1.39. The van der Waals surface area contributed by atoms with Crippen LogP contribution in [-0.2, 0) is 0 Å². The molecule has 0 saturated heterocycles. The van der Waals surface area contributed by atoms with Gasteiger partial charge in [0.1, 0.15) is 16.0 Å². The van der Waals surface area contributed by atoms with Crippen LogP contribution in [-0.4, -0.2) is 15.9 Å². The second-order valence-corrected chi connectivity index (χ2v) is 4.59. The average Bonchev–Trinajstić information content (AvgIpc) is 2.31. The molecule has 3 nitrogen and oxygen atoms in total. The maximum Gasteiger partial charge on any atom is 0.215 e. The molecule has 1 N–H and O–H groups in total. The summed E-state index contributed by atoms with van der Waals surface area (Å²) in [5.74, 6) is -0.479. The van der Waals surface area contributed by atoms with E-state index in [1.165, 1.54) is 18.2 Å². The zero-order valence-electron chi connectivity index (χ0n) is 8.52. The highest BCUT2D eigenvalue weighted by Crippen LogP contribution is 2.24. The molecule has 0 saturated carbocycles. The molecule has 0 amide bonds. The molecule has 1 aromatic carbocycles. The van der Waals surface area contributed by atoms with Crippen molar-refractivity contribution in [3.8, 4) is 5.75 Å². The molecular formula is C12H7BrClNO2. The smallest absolute Gasteiger partial charge is 0.215 e. The molecule has 1 heterocycles. The third kappa shape index (κ3) is 2.65. The monoisotopic (exact) mass is 311 g/mol. The molecule has 2 aromatic rings. The van der Waals surface area contributed by atoms with Crippen molar-refractivity contribution in [1.29, 1.82) is 0 Å². The second-order valence-electron chi connectivity index (χ2n) is 3.34. The van der Waals surface area contributed by atoms with Gasteiger partial charge in [0, 0.05) is 5.02 Å². The number of nitrogens with zero attached hydrogens (tertiary/aromatic N) is 1. The summed E-state index contributed by atoms with van der Waals surface area (Å²) in [6.45, 7) is 0. The fraction of sp³-hybridized carbons (Fsp3) is 0. The van der Waals surface area contributed by atoms with Crippen LogP contribution in [0.4, 0.5) is 0 Å². The van der Waals surface area contributed by atoms with E-state index in [2.05, 4.69) is 20.9 Å². The van der Waals surface area contributed by atoms with Crippen LogP contribution in [0.2, 0.25) is 5.02 Å². The van der Waals surface area contributed by atoms with Crippen molar-refractivity contribution < 1.29 is 9.90 Å². The topological polar surface area (TPSA) is 50.2 Å². The number of halogens is 2. The first kappa shape index (κ1) is 12.1. The number of aromatic hydroxyl groups is 1. The Labute approximate surface area is 111 Å². The molecule has 5 heteroatoms. The van der Waals surface area contributed by atoms with E-state index < -0.39 is 0 Å². The summed E-state index contributed by atoms with van der Waals surface area (Å²) < 4.78 is 0.560. The Bertz CT molecular complexity index is 586. The van der Waals surface area contributed by atoms with Gasteiger partial charge in [-0.05, 0) is 46.3 Å². The van der Waals surface area contributed by atoms with E-state index in [0.717, 1.165) is 0 Å². The van der Waals surface area contributed by atoms with Crippen LogP contribution in [0.15, 0.2) is 41.0 Å².